The van der Waals surface area contributed by atoms with Crippen LogP contribution < -0.4 is 5.32 Å². The number of amides is 1. The largest absolute Gasteiger partial charge is 0.355 e. The Kier molecular flexibility index (Phi) is 2.59. The molecule has 0 spiro atoms. The Hall–Kier alpha value is -1.39. The maximum atomic E-state index is 10.9. The quantitative estimate of drug-likeness (QED) is 0.633. The molecule has 5 nitrogen and oxygen atoms in total. The van der Waals surface area contributed by atoms with Gasteiger partial charge in [-0.1, -0.05) is 5.21 Å². The molecule has 0 aliphatic carbocycles. The summed E-state index contributed by atoms with van der Waals surface area (Å²) in [4.78, 5) is 10.9. The van der Waals surface area contributed by atoms with Crippen LogP contribution in [0, 0.1) is 0 Å². The zero-order chi connectivity index (χ0) is 8.10. The highest BCUT2D eigenvalue weighted by atomic mass is 16.2. The van der Waals surface area contributed by atoms with Crippen molar-refractivity contribution in [2.45, 2.75) is 13.5 Å². The molecule has 1 aromatic rings. The topological polar surface area (TPSA) is 59.8 Å². The van der Waals surface area contributed by atoms with Gasteiger partial charge < -0.3 is 5.32 Å². The summed E-state index contributed by atoms with van der Waals surface area (Å²) in [5, 5.41) is 9.87. The first kappa shape index (κ1) is 7.71. The molecule has 0 aliphatic rings. The Labute approximate surface area is 64.4 Å². The van der Waals surface area contributed by atoms with Crippen molar-refractivity contribution < 1.29 is 4.79 Å². The van der Waals surface area contributed by atoms with Crippen molar-refractivity contribution in [3.63, 3.8) is 0 Å². The van der Waals surface area contributed by atoms with Crippen molar-refractivity contribution >= 4 is 5.91 Å². The molecule has 0 radical (unpaired) electrons. The minimum atomic E-state index is -0.0435. The number of carbonyl (C=O) groups excluding carboxylic acids is 1. The van der Waals surface area contributed by atoms with E-state index in [-0.39, 0.29) is 12.5 Å². The van der Waals surface area contributed by atoms with Gasteiger partial charge >= 0.3 is 0 Å². The van der Waals surface area contributed by atoms with E-state index >= 15 is 0 Å². The highest BCUT2D eigenvalue weighted by Gasteiger charge is 1.99. The SMILES string of the molecule is CCNC(=O)Cn1ccnn1. The Morgan fingerprint density at radius 1 is 1.73 bits per heavy atom. The second-order valence-electron chi connectivity index (χ2n) is 2.05. The lowest BCUT2D eigenvalue weighted by Crippen LogP contribution is -2.27. The van der Waals surface area contributed by atoms with E-state index in [9.17, 15) is 4.79 Å². The van der Waals surface area contributed by atoms with E-state index in [0.29, 0.717) is 6.54 Å². The summed E-state index contributed by atoms with van der Waals surface area (Å²) in [7, 11) is 0. The van der Waals surface area contributed by atoms with Crippen molar-refractivity contribution in [2.24, 2.45) is 0 Å². The van der Waals surface area contributed by atoms with E-state index in [1.807, 2.05) is 6.92 Å². The molecule has 0 aromatic carbocycles. The van der Waals surface area contributed by atoms with Crippen molar-refractivity contribution in [3.05, 3.63) is 12.4 Å². The summed E-state index contributed by atoms with van der Waals surface area (Å²) in [6.45, 7) is 2.76. The average molecular weight is 154 g/mol. The normalized spacial score (nSPS) is 9.55. The van der Waals surface area contributed by atoms with Gasteiger partial charge in [-0.2, -0.15) is 0 Å². The molecule has 5 heteroatoms. The molecule has 1 heterocycles. The van der Waals surface area contributed by atoms with Crippen molar-refractivity contribution in [1.82, 2.24) is 20.3 Å². The number of rotatable bonds is 3. The first-order valence-corrected chi connectivity index (χ1v) is 3.43. The molecule has 0 saturated heterocycles. The molecule has 1 aromatic heterocycles. The average Bonchev–Trinajstić information content (AvgIpc) is 2.40. The van der Waals surface area contributed by atoms with Gasteiger partial charge in [0.25, 0.3) is 0 Å². The van der Waals surface area contributed by atoms with Gasteiger partial charge in [0.15, 0.2) is 0 Å². The van der Waals surface area contributed by atoms with Crippen molar-refractivity contribution in [2.75, 3.05) is 6.54 Å². The van der Waals surface area contributed by atoms with Crippen LogP contribution in [0.5, 0.6) is 0 Å². The smallest absolute Gasteiger partial charge is 0.241 e. The first-order chi connectivity index (χ1) is 5.33. The molecule has 1 N–H and O–H groups in total. The van der Waals surface area contributed by atoms with E-state index in [1.54, 1.807) is 12.4 Å². The fourth-order valence-electron chi connectivity index (χ4n) is 0.717. The van der Waals surface area contributed by atoms with Crippen LogP contribution in [-0.2, 0) is 11.3 Å². The summed E-state index contributed by atoms with van der Waals surface area (Å²) in [6.07, 6.45) is 3.19. The van der Waals surface area contributed by atoms with Crippen LogP contribution in [0.4, 0.5) is 0 Å². The minimum absolute atomic E-state index is 0.0435. The van der Waals surface area contributed by atoms with Crippen LogP contribution >= 0.6 is 0 Å². The maximum absolute atomic E-state index is 10.9. The molecule has 0 unspecified atom stereocenters. The lowest BCUT2D eigenvalue weighted by molar-refractivity contribution is -0.121. The third kappa shape index (κ3) is 2.37. The zero-order valence-electron chi connectivity index (χ0n) is 6.32. The van der Waals surface area contributed by atoms with Gasteiger partial charge in [0.05, 0.1) is 6.20 Å². The van der Waals surface area contributed by atoms with Crippen LogP contribution in [0.3, 0.4) is 0 Å². The number of nitrogens with zero attached hydrogens (tertiary/aromatic N) is 3. The minimum Gasteiger partial charge on any atom is -0.355 e. The van der Waals surface area contributed by atoms with Gasteiger partial charge in [-0.3, -0.25) is 4.79 Å². The van der Waals surface area contributed by atoms with Gasteiger partial charge in [-0.05, 0) is 6.92 Å². The van der Waals surface area contributed by atoms with E-state index in [1.165, 1.54) is 4.68 Å². The number of carbonyl (C=O) groups is 1. The third-order valence-electron chi connectivity index (χ3n) is 1.15. The summed E-state index contributed by atoms with van der Waals surface area (Å²) in [6, 6.07) is 0. The number of nitrogens with one attached hydrogen (secondary N) is 1. The Bertz CT molecular complexity index is 218. The lowest BCUT2D eigenvalue weighted by atomic mass is 10.5. The summed E-state index contributed by atoms with van der Waals surface area (Å²) in [5.74, 6) is -0.0435. The lowest BCUT2D eigenvalue weighted by Gasteiger charge is -1.99. The molecule has 11 heavy (non-hydrogen) atoms. The van der Waals surface area contributed by atoms with E-state index in [0.717, 1.165) is 0 Å². The predicted molar refractivity (Wildman–Crippen MR) is 38.7 cm³/mol. The molecule has 0 bridgehead atoms. The zero-order valence-corrected chi connectivity index (χ0v) is 6.32. The monoisotopic (exact) mass is 154 g/mol. The van der Waals surface area contributed by atoms with Gasteiger partial charge in [0.1, 0.15) is 6.54 Å². The standard InChI is InChI=1S/C6H10N4O/c1-2-7-6(11)5-10-4-3-8-9-10/h3-4H,2,5H2,1H3,(H,7,11). The highest BCUT2D eigenvalue weighted by molar-refractivity contribution is 5.75. The predicted octanol–water partition coefficient (Wildman–Crippen LogP) is -0.586. The molecule has 0 atom stereocenters. The third-order valence-corrected chi connectivity index (χ3v) is 1.15. The Morgan fingerprint density at radius 3 is 3.09 bits per heavy atom. The second-order valence-corrected chi connectivity index (χ2v) is 2.05. The Morgan fingerprint density at radius 2 is 2.55 bits per heavy atom. The van der Waals surface area contributed by atoms with Crippen LogP contribution in [0.15, 0.2) is 12.4 Å². The summed E-state index contributed by atoms with van der Waals surface area (Å²) >= 11 is 0. The molecule has 1 amide bonds. The van der Waals surface area contributed by atoms with Gasteiger partial charge in [-0.15, -0.1) is 5.10 Å². The highest BCUT2D eigenvalue weighted by Crippen LogP contribution is 1.79. The summed E-state index contributed by atoms with van der Waals surface area (Å²) < 4.78 is 1.48. The molecule has 0 saturated carbocycles. The fraction of sp³-hybridized carbons (Fsp3) is 0.500. The van der Waals surface area contributed by atoms with Crippen LogP contribution in [0.25, 0.3) is 0 Å². The van der Waals surface area contributed by atoms with Crippen LogP contribution in [-0.4, -0.2) is 27.4 Å². The van der Waals surface area contributed by atoms with E-state index in [4.69, 9.17) is 0 Å². The van der Waals surface area contributed by atoms with Crippen LogP contribution in [0.2, 0.25) is 0 Å². The van der Waals surface area contributed by atoms with Crippen molar-refractivity contribution in [1.29, 1.82) is 0 Å². The fourth-order valence-corrected chi connectivity index (χ4v) is 0.717. The molecule has 0 aliphatic heterocycles. The first-order valence-electron chi connectivity index (χ1n) is 3.43. The second kappa shape index (κ2) is 3.70. The molecule has 60 valence electrons. The van der Waals surface area contributed by atoms with Gasteiger partial charge in [0, 0.05) is 12.7 Å². The molecular weight excluding hydrogens is 144 g/mol. The van der Waals surface area contributed by atoms with E-state index < -0.39 is 0 Å². The molecule has 1 rings (SSSR count). The van der Waals surface area contributed by atoms with Gasteiger partial charge in [0.2, 0.25) is 5.91 Å². The van der Waals surface area contributed by atoms with Gasteiger partial charge in [-0.25, -0.2) is 4.68 Å². The van der Waals surface area contributed by atoms with Crippen LogP contribution in [0.1, 0.15) is 6.92 Å². The number of aromatic nitrogens is 3. The Balaban J connectivity index is 2.37. The number of likely N-dealkylation sites (N-methyl/N-ethyl adjacent to an activating group) is 1. The van der Waals surface area contributed by atoms with Crippen molar-refractivity contribution in [3.8, 4) is 0 Å². The molecule has 0 fully saturated rings. The van der Waals surface area contributed by atoms with E-state index in [2.05, 4.69) is 15.6 Å². The number of hydrogen-bond donors (Lipinski definition) is 1. The maximum Gasteiger partial charge on any atom is 0.241 e. The summed E-state index contributed by atoms with van der Waals surface area (Å²) in [5.41, 5.74) is 0. The number of hydrogen-bond acceptors (Lipinski definition) is 3. The molecular formula is C6H10N4O.